The zero-order valence-corrected chi connectivity index (χ0v) is 35.9. The molecule has 4 atom stereocenters. The molecule has 14 rings (SSSR count). The number of nitrogens with zero attached hydrogens (tertiary/aromatic N) is 4. The Labute approximate surface area is 368 Å². The number of benzene rings is 7. The van der Waals surface area contributed by atoms with Crippen LogP contribution < -0.4 is 20.7 Å². The van der Waals surface area contributed by atoms with Crippen LogP contribution in [0.25, 0.3) is 65.3 Å². The standard InChI is InChI=1S/C58H42N4O2/c1-32-26-27-58(4)51-34(3)52-49(33(2)48(32)51)57(64)45-29-38(59(35-16-8-5-9-17-35)36-18-10-6-11-19-36)28-42-40-24-25-47-50(55(40)61(52)53(42)45)43-30-39(62(58)37-20-12-7-13-21-37)31-44-54(43)60(47)46-23-15-14-22-41(46)56(44)63/h5-34H,1-4H3. The second-order valence-electron chi connectivity index (χ2n) is 18.6. The summed E-state index contributed by atoms with van der Waals surface area (Å²) in [6.07, 6.45) is 4.74. The molecular weight excluding hydrogens is 785 g/mol. The SMILES string of the molecule is CC1C=CC2(C)C3=C1C(C)c1c(n4c5c(cc(N(c6ccccc6)c6ccccc6)cc5c5ccc6c(c7cc(cc8c(=O)c9ccccc9n6c87)N2c2ccccc2)c54)c1=O)C3C. The molecule has 0 saturated carbocycles. The third kappa shape index (κ3) is 4.26. The third-order valence-electron chi connectivity index (χ3n) is 15.3. The molecule has 0 spiro atoms. The van der Waals surface area contributed by atoms with Crippen molar-refractivity contribution in [3.63, 3.8) is 0 Å². The van der Waals surface area contributed by atoms with Crippen molar-refractivity contribution in [1.29, 1.82) is 0 Å². The smallest absolute Gasteiger partial charge is 0.197 e. The Hall–Kier alpha value is -7.70. The molecule has 64 heavy (non-hydrogen) atoms. The largest absolute Gasteiger partial charge is 0.328 e. The second-order valence-corrected chi connectivity index (χ2v) is 18.6. The van der Waals surface area contributed by atoms with Crippen LogP contribution in [0.3, 0.4) is 0 Å². The summed E-state index contributed by atoms with van der Waals surface area (Å²) in [4.78, 5) is 35.7. The molecule has 1 aliphatic heterocycles. The van der Waals surface area contributed by atoms with E-state index in [0.717, 1.165) is 88.8 Å². The van der Waals surface area contributed by atoms with E-state index in [2.05, 4.69) is 180 Å². The van der Waals surface area contributed by atoms with Crippen molar-refractivity contribution in [3.8, 4) is 0 Å². The minimum absolute atomic E-state index is 0.0292. The summed E-state index contributed by atoms with van der Waals surface area (Å²) >= 11 is 0. The van der Waals surface area contributed by atoms with Crippen LogP contribution in [0.5, 0.6) is 0 Å². The quantitative estimate of drug-likeness (QED) is 0.131. The molecule has 5 heterocycles. The Balaban J connectivity index is 1.26. The van der Waals surface area contributed by atoms with E-state index in [1.165, 1.54) is 11.1 Å². The van der Waals surface area contributed by atoms with Crippen LogP contribution in [0.4, 0.5) is 28.4 Å². The number of aromatic nitrogens is 2. The van der Waals surface area contributed by atoms with Gasteiger partial charge in [-0.05, 0) is 97.3 Å². The van der Waals surface area contributed by atoms with Crippen molar-refractivity contribution in [3.05, 3.63) is 207 Å². The third-order valence-corrected chi connectivity index (χ3v) is 15.3. The molecule has 0 N–H and O–H groups in total. The van der Waals surface area contributed by atoms with Crippen LogP contribution in [0.1, 0.15) is 50.8 Å². The normalized spacial score (nSPS) is 20.4. The highest BCUT2D eigenvalue weighted by atomic mass is 16.1. The number of pyridine rings is 2. The van der Waals surface area contributed by atoms with E-state index >= 15 is 9.59 Å². The van der Waals surface area contributed by atoms with Crippen molar-refractivity contribution < 1.29 is 0 Å². The molecule has 0 saturated heterocycles. The minimum atomic E-state index is -0.659. The Morgan fingerprint density at radius 3 is 1.88 bits per heavy atom. The predicted octanol–water partition coefficient (Wildman–Crippen LogP) is 13.7. The Bertz CT molecular complexity index is 3980. The van der Waals surface area contributed by atoms with Gasteiger partial charge >= 0.3 is 0 Å². The lowest BCUT2D eigenvalue weighted by atomic mass is 9.63. The number of allylic oxidation sites excluding steroid dienone is 2. The summed E-state index contributed by atoms with van der Waals surface area (Å²) in [7, 11) is 0. The number of hydrogen-bond acceptors (Lipinski definition) is 4. The first kappa shape index (κ1) is 35.9. The summed E-state index contributed by atoms with van der Waals surface area (Å²) in [5, 5.41) is 6.32. The molecule has 11 aromatic rings. The molecule has 0 radical (unpaired) electrons. The van der Waals surface area contributed by atoms with E-state index in [9.17, 15) is 0 Å². The van der Waals surface area contributed by atoms with Crippen LogP contribution in [0, 0.1) is 5.92 Å². The lowest BCUT2D eigenvalue weighted by molar-refractivity contribution is 0.519. The fraction of sp³-hybridized carbons (Fsp3) is 0.138. The molecule has 6 nitrogen and oxygen atoms in total. The second kappa shape index (κ2) is 12.3. The summed E-state index contributed by atoms with van der Waals surface area (Å²) in [5.74, 6) is -0.188. The molecule has 7 aromatic carbocycles. The van der Waals surface area contributed by atoms with Crippen LogP contribution in [-0.2, 0) is 0 Å². The lowest BCUT2D eigenvalue weighted by Gasteiger charge is -2.51. The van der Waals surface area contributed by atoms with Crippen LogP contribution >= 0.6 is 0 Å². The minimum Gasteiger partial charge on any atom is -0.328 e. The molecule has 4 unspecified atom stereocenters. The summed E-state index contributed by atoms with van der Waals surface area (Å²) in [6.45, 7) is 9.24. The summed E-state index contributed by atoms with van der Waals surface area (Å²) in [5.41, 5.74) is 13.9. The molecular formula is C58H42N4O2. The van der Waals surface area contributed by atoms with Gasteiger partial charge in [0.25, 0.3) is 0 Å². The van der Waals surface area contributed by atoms with E-state index in [4.69, 9.17) is 0 Å². The molecule has 2 aliphatic carbocycles. The number of rotatable bonds is 4. The Kier molecular flexibility index (Phi) is 6.87. The van der Waals surface area contributed by atoms with Gasteiger partial charge in [-0.15, -0.1) is 0 Å². The van der Waals surface area contributed by atoms with Gasteiger partial charge in [0.1, 0.15) is 0 Å². The highest BCUT2D eigenvalue weighted by Gasteiger charge is 2.48. The molecule has 306 valence electrons. The highest BCUT2D eigenvalue weighted by Crippen LogP contribution is 2.57. The lowest BCUT2D eigenvalue weighted by Crippen LogP contribution is -2.49. The zero-order chi connectivity index (χ0) is 42.9. The number of hydrogen-bond donors (Lipinski definition) is 0. The van der Waals surface area contributed by atoms with Gasteiger partial charge in [-0.3, -0.25) is 9.59 Å². The first-order valence-corrected chi connectivity index (χ1v) is 22.5. The van der Waals surface area contributed by atoms with Crippen molar-refractivity contribution >= 4 is 93.7 Å². The average Bonchev–Trinajstić information content (AvgIpc) is 3.83. The predicted molar refractivity (Wildman–Crippen MR) is 265 cm³/mol. The Morgan fingerprint density at radius 1 is 0.516 bits per heavy atom. The molecule has 0 fully saturated rings. The van der Waals surface area contributed by atoms with Crippen molar-refractivity contribution in [1.82, 2.24) is 8.80 Å². The van der Waals surface area contributed by atoms with Gasteiger partial charge in [0.2, 0.25) is 0 Å². The van der Waals surface area contributed by atoms with Crippen molar-refractivity contribution in [2.24, 2.45) is 5.92 Å². The van der Waals surface area contributed by atoms with Crippen molar-refractivity contribution in [2.75, 3.05) is 9.80 Å². The van der Waals surface area contributed by atoms with E-state index in [-0.39, 0.29) is 28.6 Å². The van der Waals surface area contributed by atoms with Crippen LogP contribution in [0.2, 0.25) is 0 Å². The maximum Gasteiger partial charge on any atom is 0.197 e. The van der Waals surface area contributed by atoms with Gasteiger partial charge in [0.05, 0.1) is 33.1 Å². The van der Waals surface area contributed by atoms with Crippen LogP contribution in [-0.4, -0.2) is 14.3 Å². The van der Waals surface area contributed by atoms with Gasteiger partial charge in [0, 0.05) is 89.2 Å². The van der Waals surface area contributed by atoms with Gasteiger partial charge in [-0.25, -0.2) is 0 Å². The monoisotopic (exact) mass is 826 g/mol. The van der Waals surface area contributed by atoms with Crippen LogP contribution in [0.15, 0.2) is 185 Å². The van der Waals surface area contributed by atoms with Gasteiger partial charge in [-0.1, -0.05) is 111 Å². The molecule has 4 bridgehead atoms. The fourth-order valence-corrected chi connectivity index (χ4v) is 12.9. The van der Waals surface area contributed by atoms with E-state index in [1.807, 2.05) is 30.3 Å². The first-order valence-electron chi connectivity index (χ1n) is 22.5. The van der Waals surface area contributed by atoms with Gasteiger partial charge < -0.3 is 18.6 Å². The van der Waals surface area contributed by atoms with E-state index in [0.29, 0.717) is 16.2 Å². The zero-order valence-electron chi connectivity index (χ0n) is 35.9. The number of para-hydroxylation sites is 4. The molecule has 4 aromatic heterocycles. The summed E-state index contributed by atoms with van der Waals surface area (Å²) < 4.78 is 4.83. The molecule has 6 heteroatoms. The van der Waals surface area contributed by atoms with Gasteiger partial charge in [-0.2, -0.15) is 0 Å². The molecule has 0 amide bonds. The van der Waals surface area contributed by atoms with Gasteiger partial charge in [0.15, 0.2) is 10.9 Å². The maximum atomic E-state index is 15.9. The fourth-order valence-electron chi connectivity index (χ4n) is 12.9. The van der Waals surface area contributed by atoms with E-state index < -0.39 is 5.54 Å². The number of fused-ring (bicyclic) bond motifs is 5. The Morgan fingerprint density at radius 2 is 1.14 bits per heavy atom. The average molecular weight is 827 g/mol. The van der Waals surface area contributed by atoms with Crippen molar-refractivity contribution in [2.45, 2.75) is 45.1 Å². The number of anilines is 5. The van der Waals surface area contributed by atoms with E-state index in [1.54, 1.807) is 0 Å². The maximum absolute atomic E-state index is 15.9. The molecule has 3 aliphatic rings. The first-order chi connectivity index (χ1) is 31.2. The topological polar surface area (TPSA) is 49.4 Å². The highest BCUT2D eigenvalue weighted by molar-refractivity contribution is 6.30. The summed E-state index contributed by atoms with van der Waals surface area (Å²) in [6, 6.07) is 53.0.